The van der Waals surface area contributed by atoms with E-state index < -0.39 is 0 Å². The van der Waals surface area contributed by atoms with Crippen LogP contribution in [0.2, 0.25) is 0 Å². The van der Waals surface area contributed by atoms with E-state index in [1.807, 2.05) is 6.92 Å². The second kappa shape index (κ2) is 14.5. The van der Waals surface area contributed by atoms with Gasteiger partial charge >= 0.3 is 0 Å². The van der Waals surface area contributed by atoms with Crippen LogP contribution in [0.25, 0.3) is 0 Å². The number of halogens is 1. The van der Waals surface area contributed by atoms with Crippen molar-refractivity contribution in [3.8, 4) is 5.75 Å². The number of hydrogen-bond donors (Lipinski definition) is 3. The molecule has 1 aromatic carbocycles. The van der Waals surface area contributed by atoms with Gasteiger partial charge in [0.25, 0.3) is 0 Å². The second-order valence-electron chi connectivity index (χ2n) is 6.40. The van der Waals surface area contributed by atoms with Gasteiger partial charge < -0.3 is 20.7 Å². The summed E-state index contributed by atoms with van der Waals surface area (Å²) in [6.07, 6.45) is 2.51. The number of aliphatic imine (C=N–C) groups is 1. The molecule has 6 nitrogen and oxygen atoms in total. The van der Waals surface area contributed by atoms with Crippen LogP contribution in [0.4, 0.5) is 0 Å². The highest BCUT2D eigenvalue weighted by Gasteiger charge is 2.09. The van der Waals surface area contributed by atoms with Crippen molar-refractivity contribution in [2.75, 3.05) is 20.1 Å². The van der Waals surface area contributed by atoms with E-state index in [9.17, 15) is 4.79 Å². The molecule has 27 heavy (non-hydrogen) atoms. The van der Waals surface area contributed by atoms with Crippen LogP contribution < -0.4 is 20.7 Å². The van der Waals surface area contributed by atoms with Gasteiger partial charge in [0.15, 0.2) is 5.96 Å². The maximum absolute atomic E-state index is 11.6. The van der Waals surface area contributed by atoms with Gasteiger partial charge in [-0.3, -0.25) is 9.79 Å². The Kier molecular flexibility index (Phi) is 13.7. The fourth-order valence-corrected chi connectivity index (χ4v) is 2.26. The van der Waals surface area contributed by atoms with Gasteiger partial charge in [-0.25, -0.2) is 0 Å². The average molecular weight is 490 g/mol. The third kappa shape index (κ3) is 10.4. The highest BCUT2D eigenvalue weighted by atomic mass is 127. The summed E-state index contributed by atoms with van der Waals surface area (Å²) in [6, 6.07) is 6.22. The molecular formula is C20H35IN4O2. The van der Waals surface area contributed by atoms with E-state index in [4.69, 9.17) is 4.74 Å². The summed E-state index contributed by atoms with van der Waals surface area (Å²) in [4.78, 5) is 15.8. The predicted octanol–water partition coefficient (Wildman–Crippen LogP) is 3.37. The molecule has 0 saturated heterocycles. The molecule has 1 unspecified atom stereocenters. The van der Waals surface area contributed by atoms with Crippen LogP contribution >= 0.6 is 24.0 Å². The number of guanidine groups is 1. The van der Waals surface area contributed by atoms with E-state index in [1.54, 1.807) is 7.05 Å². The molecule has 1 atom stereocenters. The molecule has 0 aliphatic carbocycles. The van der Waals surface area contributed by atoms with E-state index in [1.165, 1.54) is 5.56 Å². The molecule has 0 heterocycles. The first-order valence-corrected chi connectivity index (χ1v) is 9.47. The van der Waals surface area contributed by atoms with E-state index >= 15 is 0 Å². The molecule has 0 aromatic heterocycles. The Morgan fingerprint density at radius 3 is 2.56 bits per heavy atom. The Morgan fingerprint density at radius 2 is 1.93 bits per heavy atom. The zero-order valence-electron chi connectivity index (χ0n) is 17.2. The Labute approximate surface area is 181 Å². The van der Waals surface area contributed by atoms with Gasteiger partial charge in [-0.2, -0.15) is 0 Å². The summed E-state index contributed by atoms with van der Waals surface area (Å²) in [5.74, 6) is 1.63. The van der Waals surface area contributed by atoms with E-state index in [2.05, 4.69) is 59.9 Å². The standard InChI is InChI=1S/C20H34N4O2.HI/c1-6-11-22-19(25)10-12-23-20(21-5)24-14-17-9-8-15(3)13-18(17)26-16(4)7-2;/h8-9,13,16H,6-7,10-12,14H2,1-5H3,(H,22,25)(H2,21,23,24);1H. The summed E-state index contributed by atoms with van der Waals surface area (Å²) >= 11 is 0. The number of carbonyl (C=O) groups is 1. The van der Waals surface area contributed by atoms with Crippen molar-refractivity contribution in [1.29, 1.82) is 0 Å². The van der Waals surface area contributed by atoms with Gasteiger partial charge in [0.1, 0.15) is 5.75 Å². The monoisotopic (exact) mass is 490 g/mol. The first-order chi connectivity index (χ1) is 12.5. The normalized spacial score (nSPS) is 12.0. The lowest BCUT2D eigenvalue weighted by atomic mass is 10.1. The lowest BCUT2D eigenvalue weighted by Gasteiger charge is -2.18. The maximum atomic E-state index is 11.6. The molecule has 0 saturated carbocycles. The Morgan fingerprint density at radius 1 is 1.19 bits per heavy atom. The maximum Gasteiger partial charge on any atom is 0.221 e. The quantitative estimate of drug-likeness (QED) is 0.267. The van der Waals surface area contributed by atoms with Crippen molar-refractivity contribution in [2.24, 2.45) is 4.99 Å². The SMILES string of the molecule is CCCNC(=O)CCNC(=NC)NCc1ccc(C)cc1OC(C)CC.I. The van der Waals surface area contributed by atoms with Gasteiger partial charge in [0.05, 0.1) is 6.10 Å². The van der Waals surface area contributed by atoms with E-state index in [0.717, 1.165) is 30.7 Å². The van der Waals surface area contributed by atoms with Crippen molar-refractivity contribution in [3.63, 3.8) is 0 Å². The number of ether oxygens (including phenoxy) is 1. The van der Waals surface area contributed by atoms with Crippen LogP contribution in [0.15, 0.2) is 23.2 Å². The summed E-state index contributed by atoms with van der Waals surface area (Å²) in [6.45, 7) is 10.1. The van der Waals surface area contributed by atoms with Crippen LogP contribution in [0.3, 0.4) is 0 Å². The lowest BCUT2D eigenvalue weighted by molar-refractivity contribution is -0.120. The zero-order valence-corrected chi connectivity index (χ0v) is 19.6. The van der Waals surface area contributed by atoms with E-state index in [0.29, 0.717) is 25.5 Å². The molecular weight excluding hydrogens is 455 g/mol. The minimum atomic E-state index is 0. The fourth-order valence-electron chi connectivity index (χ4n) is 2.26. The summed E-state index contributed by atoms with van der Waals surface area (Å²) < 4.78 is 6.04. The molecule has 3 N–H and O–H groups in total. The van der Waals surface area contributed by atoms with Gasteiger partial charge in [-0.1, -0.05) is 26.0 Å². The number of nitrogens with zero attached hydrogens (tertiary/aromatic N) is 1. The molecule has 0 fully saturated rings. The first kappa shape index (κ1) is 25.5. The van der Waals surface area contributed by atoms with Crippen molar-refractivity contribution in [3.05, 3.63) is 29.3 Å². The summed E-state index contributed by atoms with van der Waals surface area (Å²) in [5.41, 5.74) is 2.26. The number of rotatable bonds is 10. The smallest absolute Gasteiger partial charge is 0.221 e. The molecule has 1 rings (SSSR count). The van der Waals surface area contributed by atoms with Crippen LogP contribution in [-0.4, -0.2) is 38.1 Å². The number of carbonyl (C=O) groups excluding carboxylic acids is 1. The Bertz CT molecular complexity index is 593. The molecule has 7 heteroatoms. The average Bonchev–Trinajstić information content (AvgIpc) is 2.63. The minimum absolute atomic E-state index is 0. The predicted molar refractivity (Wildman–Crippen MR) is 123 cm³/mol. The largest absolute Gasteiger partial charge is 0.490 e. The van der Waals surface area contributed by atoms with Crippen molar-refractivity contribution in [2.45, 2.75) is 59.6 Å². The number of hydrogen-bond acceptors (Lipinski definition) is 3. The molecule has 0 bridgehead atoms. The van der Waals surface area contributed by atoms with E-state index in [-0.39, 0.29) is 36.0 Å². The first-order valence-electron chi connectivity index (χ1n) is 9.47. The lowest BCUT2D eigenvalue weighted by Crippen LogP contribution is -2.39. The fraction of sp³-hybridized carbons (Fsp3) is 0.600. The molecule has 1 aromatic rings. The number of amides is 1. The van der Waals surface area contributed by atoms with Gasteiger partial charge in [-0.15, -0.1) is 24.0 Å². The number of aryl methyl sites for hydroxylation is 1. The second-order valence-corrected chi connectivity index (χ2v) is 6.40. The van der Waals surface area contributed by atoms with Gasteiger partial charge in [0, 0.05) is 38.7 Å². The molecule has 0 aliphatic heterocycles. The zero-order chi connectivity index (χ0) is 19.4. The highest BCUT2D eigenvalue weighted by Crippen LogP contribution is 2.22. The third-order valence-corrected chi connectivity index (χ3v) is 4.01. The third-order valence-electron chi connectivity index (χ3n) is 4.01. The van der Waals surface area contributed by atoms with Crippen molar-refractivity contribution in [1.82, 2.24) is 16.0 Å². The molecule has 154 valence electrons. The number of nitrogens with one attached hydrogen (secondary N) is 3. The topological polar surface area (TPSA) is 74.8 Å². The van der Waals surface area contributed by atoms with Crippen molar-refractivity contribution >= 4 is 35.8 Å². The van der Waals surface area contributed by atoms with Gasteiger partial charge in [-0.05, 0) is 38.3 Å². The Hall–Kier alpha value is -1.51. The minimum Gasteiger partial charge on any atom is -0.490 e. The summed E-state index contributed by atoms with van der Waals surface area (Å²) in [5, 5.41) is 9.31. The van der Waals surface area contributed by atoms with Crippen molar-refractivity contribution < 1.29 is 9.53 Å². The van der Waals surface area contributed by atoms with Crippen LogP contribution in [0, 0.1) is 6.92 Å². The van der Waals surface area contributed by atoms with Gasteiger partial charge in [0.2, 0.25) is 5.91 Å². The summed E-state index contributed by atoms with van der Waals surface area (Å²) in [7, 11) is 1.72. The number of benzene rings is 1. The Balaban J connectivity index is 0.00000676. The van der Waals surface area contributed by atoms with Crippen LogP contribution in [0.1, 0.15) is 51.2 Å². The van der Waals surface area contributed by atoms with Crippen LogP contribution in [-0.2, 0) is 11.3 Å². The molecule has 0 radical (unpaired) electrons. The molecule has 1 amide bonds. The molecule has 0 spiro atoms. The highest BCUT2D eigenvalue weighted by molar-refractivity contribution is 14.0. The molecule has 0 aliphatic rings. The van der Waals surface area contributed by atoms with Crippen LogP contribution in [0.5, 0.6) is 5.75 Å².